The number of carbonyl (C=O) groups excluding carboxylic acids is 2. The predicted octanol–water partition coefficient (Wildman–Crippen LogP) is -0.695. The van der Waals surface area contributed by atoms with Gasteiger partial charge in [-0.1, -0.05) is 30.3 Å². The molecule has 32 heavy (non-hydrogen) atoms. The van der Waals surface area contributed by atoms with Gasteiger partial charge in [0, 0.05) is 18.0 Å². The largest absolute Gasteiger partial charge is 0.488 e. The summed E-state index contributed by atoms with van der Waals surface area (Å²) in [4.78, 5) is 32.1. The van der Waals surface area contributed by atoms with Gasteiger partial charge in [0.1, 0.15) is 11.5 Å². The van der Waals surface area contributed by atoms with Crippen molar-refractivity contribution >= 4 is 41.1 Å². The Morgan fingerprint density at radius 1 is 1.03 bits per heavy atom. The van der Waals surface area contributed by atoms with Crippen LogP contribution >= 0.6 is 0 Å². The Morgan fingerprint density at radius 2 is 1.81 bits per heavy atom. The summed E-state index contributed by atoms with van der Waals surface area (Å²) >= 11 is 0. The molecule has 160 valence electrons. The molecule has 2 heterocycles. The number of nitrogens with two attached hydrogens (primary N) is 2. The first kappa shape index (κ1) is 21.0. The van der Waals surface area contributed by atoms with Crippen LogP contribution in [-0.2, 0) is 6.54 Å². The van der Waals surface area contributed by atoms with Crippen molar-refractivity contribution < 1.29 is 19.6 Å². The third-order valence-electron chi connectivity index (χ3n) is 4.76. The molecule has 0 aliphatic carbocycles. The summed E-state index contributed by atoms with van der Waals surface area (Å²) < 4.78 is 1.38. The first-order valence-corrected chi connectivity index (χ1v) is 9.48. The number of hydrogen-bond acceptors (Lipinski definition) is 8. The van der Waals surface area contributed by atoms with Crippen LogP contribution in [0.1, 0.15) is 26.4 Å². The van der Waals surface area contributed by atoms with Crippen LogP contribution in [0.5, 0.6) is 0 Å². The molecule has 2 aromatic carbocycles. The molecule has 0 fully saturated rings. The number of aromatic nitrogens is 4. The Kier molecular flexibility index (Phi) is 5.54. The average Bonchev–Trinajstić information content (AvgIpc) is 3.21. The zero-order valence-corrected chi connectivity index (χ0v) is 16.6. The highest BCUT2D eigenvalue weighted by molar-refractivity contribution is 6.58. The number of benzene rings is 2. The van der Waals surface area contributed by atoms with Gasteiger partial charge >= 0.3 is 7.12 Å². The van der Waals surface area contributed by atoms with E-state index in [0.29, 0.717) is 27.7 Å². The maximum atomic E-state index is 11.8. The molecule has 0 unspecified atom stereocenters. The van der Waals surface area contributed by atoms with Crippen LogP contribution < -0.4 is 22.2 Å². The second-order valence-corrected chi connectivity index (χ2v) is 6.93. The quantitative estimate of drug-likeness (QED) is 0.238. The van der Waals surface area contributed by atoms with Crippen LogP contribution in [0.25, 0.3) is 16.9 Å². The molecule has 2 amide bonds. The lowest BCUT2D eigenvalue weighted by molar-refractivity contribution is 0.0989. The number of nitrogens with zero attached hydrogens (tertiary/aromatic N) is 4. The molecule has 0 bridgehead atoms. The molecular formula is C20H18BN7O4. The lowest BCUT2D eigenvalue weighted by Gasteiger charge is -2.10. The van der Waals surface area contributed by atoms with Gasteiger partial charge in [0.25, 0.3) is 11.9 Å². The van der Waals surface area contributed by atoms with Crippen molar-refractivity contribution in [2.75, 3.05) is 5.32 Å². The van der Waals surface area contributed by atoms with Crippen LogP contribution in [0.3, 0.4) is 0 Å². The van der Waals surface area contributed by atoms with Crippen LogP contribution in [-0.4, -0.2) is 48.7 Å². The van der Waals surface area contributed by atoms with E-state index < -0.39 is 18.9 Å². The number of primary amides is 2. The maximum Gasteiger partial charge on any atom is 0.488 e. The van der Waals surface area contributed by atoms with Gasteiger partial charge in [-0.3, -0.25) is 9.59 Å². The van der Waals surface area contributed by atoms with E-state index in [-0.39, 0.29) is 18.2 Å². The standard InChI is InChI=1S/C20H18BN7O4/c22-18(29)13-5-2-6-16-14(13)10-25-28(16)20-26-15(19(23)30)8-17(27-20)24-9-11-3-1-4-12(7-11)21(31)32/h1-8,10,31-32H,9H2,(H2,22,29)(H2,23,30)(H,24,26,27). The van der Waals surface area contributed by atoms with E-state index in [2.05, 4.69) is 20.4 Å². The van der Waals surface area contributed by atoms with Gasteiger partial charge in [-0.05, 0) is 23.2 Å². The molecule has 12 heteroatoms. The molecule has 0 atom stereocenters. The summed E-state index contributed by atoms with van der Waals surface area (Å²) in [6, 6.07) is 13.1. The second kappa shape index (κ2) is 8.45. The van der Waals surface area contributed by atoms with Crippen LogP contribution in [0, 0.1) is 0 Å². The van der Waals surface area contributed by atoms with Crippen LogP contribution in [0.2, 0.25) is 0 Å². The second-order valence-electron chi connectivity index (χ2n) is 6.93. The van der Waals surface area contributed by atoms with Crippen molar-refractivity contribution in [2.24, 2.45) is 11.5 Å². The predicted molar refractivity (Wildman–Crippen MR) is 117 cm³/mol. The molecule has 11 nitrogen and oxygen atoms in total. The van der Waals surface area contributed by atoms with Gasteiger partial charge < -0.3 is 26.8 Å². The number of amides is 2. The third-order valence-corrected chi connectivity index (χ3v) is 4.76. The van der Waals surface area contributed by atoms with Crippen molar-refractivity contribution in [1.82, 2.24) is 19.7 Å². The molecule has 2 aromatic heterocycles. The molecule has 0 aliphatic rings. The number of hydrogen-bond donors (Lipinski definition) is 5. The molecule has 4 aromatic rings. The highest BCUT2D eigenvalue weighted by atomic mass is 16.4. The van der Waals surface area contributed by atoms with Crippen molar-refractivity contribution in [1.29, 1.82) is 0 Å². The first-order chi connectivity index (χ1) is 15.3. The molecular weight excluding hydrogens is 413 g/mol. The van der Waals surface area contributed by atoms with E-state index in [1.807, 2.05) is 0 Å². The highest BCUT2D eigenvalue weighted by Gasteiger charge is 2.16. The third kappa shape index (κ3) is 4.12. The van der Waals surface area contributed by atoms with Gasteiger partial charge in [0.2, 0.25) is 5.91 Å². The Balaban J connectivity index is 1.71. The van der Waals surface area contributed by atoms with Gasteiger partial charge in [0.15, 0.2) is 0 Å². The van der Waals surface area contributed by atoms with Crippen molar-refractivity contribution in [2.45, 2.75) is 6.54 Å². The van der Waals surface area contributed by atoms with Crippen molar-refractivity contribution in [3.63, 3.8) is 0 Å². The first-order valence-electron chi connectivity index (χ1n) is 9.48. The van der Waals surface area contributed by atoms with Crippen LogP contribution in [0.4, 0.5) is 5.82 Å². The molecule has 0 aliphatic heterocycles. The van der Waals surface area contributed by atoms with Gasteiger partial charge in [-0.15, -0.1) is 0 Å². The fraction of sp³-hybridized carbons (Fsp3) is 0.0500. The molecule has 4 rings (SSSR count). The van der Waals surface area contributed by atoms with E-state index in [4.69, 9.17) is 11.5 Å². The Morgan fingerprint density at radius 3 is 2.53 bits per heavy atom. The number of rotatable bonds is 7. The van der Waals surface area contributed by atoms with Gasteiger partial charge in [-0.2, -0.15) is 14.8 Å². The summed E-state index contributed by atoms with van der Waals surface area (Å²) in [5.41, 5.74) is 12.8. The number of nitrogens with one attached hydrogen (secondary N) is 1. The molecule has 0 radical (unpaired) electrons. The minimum atomic E-state index is -1.58. The highest BCUT2D eigenvalue weighted by Crippen LogP contribution is 2.21. The average molecular weight is 431 g/mol. The number of fused-ring (bicyclic) bond motifs is 1. The van der Waals surface area contributed by atoms with E-state index in [1.165, 1.54) is 16.9 Å². The topological polar surface area (TPSA) is 182 Å². The van der Waals surface area contributed by atoms with E-state index >= 15 is 0 Å². The minimum absolute atomic E-state index is 0.0354. The van der Waals surface area contributed by atoms with Gasteiger partial charge in [-0.25, -0.2) is 4.98 Å². The molecule has 0 saturated heterocycles. The van der Waals surface area contributed by atoms with Crippen molar-refractivity contribution in [3.05, 3.63) is 71.5 Å². The fourth-order valence-electron chi connectivity index (χ4n) is 3.23. The minimum Gasteiger partial charge on any atom is -0.423 e. The fourth-order valence-corrected chi connectivity index (χ4v) is 3.23. The molecule has 0 saturated carbocycles. The summed E-state index contributed by atoms with van der Waals surface area (Å²) in [6.07, 6.45) is 1.47. The lowest BCUT2D eigenvalue weighted by Crippen LogP contribution is -2.30. The Hall–Kier alpha value is -4.29. The zero-order chi connectivity index (χ0) is 22.8. The smallest absolute Gasteiger partial charge is 0.423 e. The number of carbonyl (C=O) groups is 2. The molecule has 0 spiro atoms. The monoisotopic (exact) mass is 431 g/mol. The maximum absolute atomic E-state index is 11.8. The normalized spacial score (nSPS) is 10.8. The Labute approximate surface area is 181 Å². The number of anilines is 1. The SMILES string of the molecule is NC(=O)c1cc(NCc2cccc(B(O)O)c2)nc(-n2ncc3c(C(N)=O)cccc32)n1. The van der Waals surface area contributed by atoms with Gasteiger partial charge in [0.05, 0.1) is 17.3 Å². The summed E-state index contributed by atoms with van der Waals surface area (Å²) in [6.45, 7) is 0.279. The van der Waals surface area contributed by atoms with Crippen LogP contribution in [0.15, 0.2) is 54.7 Å². The Bertz CT molecular complexity index is 1340. The summed E-state index contributed by atoms with van der Waals surface area (Å²) in [7, 11) is -1.58. The lowest BCUT2D eigenvalue weighted by atomic mass is 9.80. The van der Waals surface area contributed by atoms with Crippen molar-refractivity contribution in [3.8, 4) is 5.95 Å². The summed E-state index contributed by atoms with van der Waals surface area (Å²) in [5, 5.41) is 26.5. The zero-order valence-electron chi connectivity index (χ0n) is 16.6. The summed E-state index contributed by atoms with van der Waals surface area (Å²) in [5.74, 6) is -0.982. The van der Waals surface area contributed by atoms with E-state index in [9.17, 15) is 19.6 Å². The van der Waals surface area contributed by atoms with E-state index in [0.717, 1.165) is 5.56 Å². The van der Waals surface area contributed by atoms with E-state index in [1.54, 1.807) is 42.5 Å². The molecule has 7 N–H and O–H groups in total.